The predicted molar refractivity (Wildman–Crippen MR) is 79.5 cm³/mol. The number of anilines is 1. The second-order valence-corrected chi connectivity index (χ2v) is 5.55. The SMILES string of the molecule is CCCN(CCc1cccc2c1CC(=O)N2)C(C)C. The van der Waals surface area contributed by atoms with Crippen molar-refractivity contribution in [2.24, 2.45) is 0 Å². The second-order valence-electron chi connectivity index (χ2n) is 5.55. The van der Waals surface area contributed by atoms with Crippen LogP contribution in [0.5, 0.6) is 0 Å². The minimum absolute atomic E-state index is 0.122. The number of rotatable bonds is 6. The maximum atomic E-state index is 11.5. The average molecular weight is 260 g/mol. The zero-order valence-corrected chi connectivity index (χ0v) is 12.2. The van der Waals surface area contributed by atoms with Crippen LogP contribution in [0.1, 0.15) is 38.3 Å². The number of nitrogens with zero attached hydrogens (tertiary/aromatic N) is 1. The molecule has 0 bridgehead atoms. The maximum absolute atomic E-state index is 11.5. The van der Waals surface area contributed by atoms with Crippen LogP contribution in [-0.4, -0.2) is 29.9 Å². The van der Waals surface area contributed by atoms with Gasteiger partial charge in [0.05, 0.1) is 6.42 Å². The zero-order chi connectivity index (χ0) is 13.8. The van der Waals surface area contributed by atoms with Crippen molar-refractivity contribution in [3.8, 4) is 0 Å². The summed E-state index contributed by atoms with van der Waals surface area (Å²) in [6, 6.07) is 6.77. The molecule has 1 aliphatic heterocycles. The van der Waals surface area contributed by atoms with E-state index < -0.39 is 0 Å². The van der Waals surface area contributed by atoms with Crippen molar-refractivity contribution in [2.45, 2.75) is 46.1 Å². The molecule has 1 N–H and O–H groups in total. The standard InChI is InChI=1S/C16H24N2O/c1-4-9-18(12(2)3)10-8-13-6-5-7-15-14(13)11-16(19)17-15/h5-7,12H,4,8-11H2,1-3H3,(H,17,19). The van der Waals surface area contributed by atoms with Gasteiger partial charge in [-0.05, 0) is 50.4 Å². The molecule has 0 aromatic heterocycles. The first kappa shape index (κ1) is 14.1. The van der Waals surface area contributed by atoms with E-state index in [9.17, 15) is 4.79 Å². The van der Waals surface area contributed by atoms with E-state index in [0.29, 0.717) is 12.5 Å². The molecule has 1 aromatic carbocycles. The molecule has 0 saturated heterocycles. The fourth-order valence-electron chi connectivity index (χ4n) is 2.73. The van der Waals surface area contributed by atoms with Crippen LogP contribution in [0.15, 0.2) is 18.2 Å². The molecule has 0 unspecified atom stereocenters. The number of carbonyl (C=O) groups is 1. The zero-order valence-electron chi connectivity index (χ0n) is 12.2. The Hall–Kier alpha value is -1.35. The van der Waals surface area contributed by atoms with Crippen LogP contribution in [0, 0.1) is 0 Å². The Bertz CT molecular complexity index is 454. The summed E-state index contributed by atoms with van der Waals surface area (Å²) < 4.78 is 0. The number of fused-ring (bicyclic) bond motifs is 1. The smallest absolute Gasteiger partial charge is 0.228 e. The van der Waals surface area contributed by atoms with Crippen molar-refractivity contribution in [1.82, 2.24) is 4.90 Å². The molecule has 0 spiro atoms. The minimum atomic E-state index is 0.122. The van der Waals surface area contributed by atoms with E-state index in [4.69, 9.17) is 0 Å². The maximum Gasteiger partial charge on any atom is 0.228 e. The van der Waals surface area contributed by atoms with Crippen LogP contribution in [0.4, 0.5) is 5.69 Å². The first-order chi connectivity index (χ1) is 9.11. The molecule has 3 heteroatoms. The molecule has 0 radical (unpaired) electrons. The molecule has 0 atom stereocenters. The van der Waals surface area contributed by atoms with E-state index in [-0.39, 0.29) is 5.91 Å². The molecule has 1 aliphatic rings. The van der Waals surface area contributed by atoms with Crippen LogP contribution in [0.25, 0.3) is 0 Å². The third kappa shape index (κ3) is 3.35. The van der Waals surface area contributed by atoms with Crippen molar-refractivity contribution in [1.29, 1.82) is 0 Å². The van der Waals surface area contributed by atoms with Gasteiger partial charge in [-0.3, -0.25) is 4.79 Å². The van der Waals surface area contributed by atoms with Crippen LogP contribution >= 0.6 is 0 Å². The fraction of sp³-hybridized carbons (Fsp3) is 0.562. The molecule has 0 aliphatic carbocycles. The Balaban J connectivity index is 2.04. The molecule has 0 saturated carbocycles. The molecule has 0 fully saturated rings. The number of hydrogen-bond acceptors (Lipinski definition) is 2. The quantitative estimate of drug-likeness (QED) is 0.853. The lowest BCUT2D eigenvalue weighted by Gasteiger charge is -2.26. The van der Waals surface area contributed by atoms with Crippen LogP contribution < -0.4 is 5.32 Å². The van der Waals surface area contributed by atoms with Crippen LogP contribution in [-0.2, 0) is 17.6 Å². The Morgan fingerprint density at radius 2 is 2.11 bits per heavy atom. The number of carbonyl (C=O) groups excluding carboxylic acids is 1. The second kappa shape index (κ2) is 6.20. The highest BCUT2D eigenvalue weighted by Gasteiger charge is 2.20. The van der Waals surface area contributed by atoms with E-state index in [1.807, 2.05) is 12.1 Å². The molecule has 104 valence electrons. The van der Waals surface area contributed by atoms with Gasteiger partial charge in [-0.25, -0.2) is 0 Å². The van der Waals surface area contributed by atoms with Gasteiger partial charge in [0.2, 0.25) is 5.91 Å². The van der Waals surface area contributed by atoms with Crippen molar-refractivity contribution >= 4 is 11.6 Å². The molecule has 2 rings (SSSR count). The lowest BCUT2D eigenvalue weighted by atomic mass is 10.0. The van der Waals surface area contributed by atoms with Crippen molar-refractivity contribution in [2.75, 3.05) is 18.4 Å². The van der Waals surface area contributed by atoms with Gasteiger partial charge < -0.3 is 10.2 Å². The number of nitrogens with one attached hydrogen (secondary N) is 1. The molecule has 1 amide bonds. The monoisotopic (exact) mass is 260 g/mol. The molecular weight excluding hydrogens is 236 g/mol. The van der Waals surface area contributed by atoms with Gasteiger partial charge in [-0.15, -0.1) is 0 Å². The van der Waals surface area contributed by atoms with Gasteiger partial charge in [0, 0.05) is 18.3 Å². The highest BCUT2D eigenvalue weighted by Crippen LogP contribution is 2.26. The first-order valence-corrected chi connectivity index (χ1v) is 7.26. The van der Waals surface area contributed by atoms with Gasteiger partial charge in [0.15, 0.2) is 0 Å². The lowest BCUT2D eigenvalue weighted by molar-refractivity contribution is -0.115. The van der Waals surface area contributed by atoms with E-state index in [0.717, 1.165) is 25.2 Å². The van der Waals surface area contributed by atoms with E-state index in [1.165, 1.54) is 17.5 Å². The summed E-state index contributed by atoms with van der Waals surface area (Å²) in [6.07, 6.45) is 2.75. The third-order valence-corrected chi connectivity index (χ3v) is 3.79. The first-order valence-electron chi connectivity index (χ1n) is 7.26. The van der Waals surface area contributed by atoms with Gasteiger partial charge in [-0.2, -0.15) is 0 Å². The summed E-state index contributed by atoms with van der Waals surface area (Å²) >= 11 is 0. The highest BCUT2D eigenvalue weighted by atomic mass is 16.1. The normalized spacial score (nSPS) is 14.1. The molecule has 19 heavy (non-hydrogen) atoms. The molecule has 1 aromatic rings. The van der Waals surface area contributed by atoms with Crippen molar-refractivity contribution in [3.63, 3.8) is 0 Å². The van der Waals surface area contributed by atoms with E-state index >= 15 is 0 Å². The molecular formula is C16H24N2O. The van der Waals surface area contributed by atoms with Gasteiger partial charge in [0.1, 0.15) is 0 Å². The van der Waals surface area contributed by atoms with Gasteiger partial charge in [0.25, 0.3) is 0 Å². The lowest BCUT2D eigenvalue weighted by Crippen LogP contribution is -2.33. The largest absolute Gasteiger partial charge is 0.326 e. The highest BCUT2D eigenvalue weighted by molar-refractivity contribution is 5.99. The van der Waals surface area contributed by atoms with Crippen LogP contribution in [0.3, 0.4) is 0 Å². The van der Waals surface area contributed by atoms with Gasteiger partial charge >= 0.3 is 0 Å². The topological polar surface area (TPSA) is 32.3 Å². The fourth-order valence-corrected chi connectivity index (χ4v) is 2.73. The molecule has 3 nitrogen and oxygen atoms in total. The Kier molecular flexibility index (Phi) is 4.59. The Morgan fingerprint density at radius 1 is 1.32 bits per heavy atom. The van der Waals surface area contributed by atoms with Gasteiger partial charge in [-0.1, -0.05) is 19.1 Å². The molecule has 1 heterocycles. The number of hydrogen-bond donors (Lipinski definition) is 1. The summed E-state index contributed by atoms with van der Waals surface area (Å²) in [7, 11) is 0. The minimum Gasteiger partial charge on any atom is -0.326 e. The summed E-state index contributed by atoms with van der Waals surface area (Å²) in [5.74, 6) is 0.122. The summed E-state index contributed by atoms with van der Waals surface area (Å²) in [4.78, 5) is 14.0. The van der Waals surface area contributed by atoms with Crippen LogP contribution in [0.2, 0.25) is 0 Å². The summed E-state index contributed by atoms with van der Waals surface area (Å²) in [5, 5.41) is 2.92. The van der Waals surface area contributed by atoms with E-state index in [1.54, 1.807) is 0 Å². The third-order valence-electron chi connectivity index (χ3n) is 3.79. The number of amides is 1. The number of benzene rings is 1. The van der Waals surface area contributed by atoms with E-state index in [2.05, 4.69) is 37.1 Å². The Morgan fingerprint density at radius 3 is 2.79 bits per heavy atom. The summed E-state index contributed by atoms with van der Waals surface area (Å²) in [6.45, 7) is 8.92. The summed E-state index contributed by atoms with van der Waals surface area (Å²) in [5.41, 5.74) is 3.53. The Labute approximate surface area is 116 Å². The average Bonchev–Trinajstić information content (AvgIpc) is 2.74. The predicted octanol–water partition coefficient (Wildman–Crippen LogP) is 2.84. The van der Waals surface area contributed by atoms with Crippen molar-refractivity contribution < 1.29 is 4.79 Å². The van der Waals surface area contributed by atoms with Crippen molar-refractivity contribution in [3.05, 3.63) is 29.3 Å².